The second kappa shape index (κ2) is 14.3. The molecule has 5 aromatic carbocycles. The summed E-state index contributed by atoms with van der Waals surface area (Å²) in [7, 11) is -1.72. The van der Waals surface area contributed by atoms with Crippen molar-refractivity contribution in [3.05, 3.63) is 189 Å². The average molecular weight is 837 g/mol. The number of hydrogen-bond acceptors (Lipinski definition) is 2. The maximum atomic E-state index is 2.78. The Morgan fingerprint density at radius 2 is 1.40 bits per heavy atom. The van der Waals surface area contributed by atoms with Gasteiger partial charge in [-0.15, -0.1) is 12.1 Å². The quantitative estimate of drug-likeness (QED) is 0.131. The van der Waals surface area contributed by atoms with Crippen LogP contribution in [-0.4, -0.2) is 14.6 Å². The first-order valence-electron chi connectivity index (χ1n) is 24.6. The van der Waals surface area contributed by atoms with Gasteiger partial charge < -0.3 is 9.80 Å². The van der Waals surface area contributed by atoms with E-state index in [0.717, 1.165) is 13.0 Å². The highest BCUT2D eigenvalue weighted by molar-refractivity contribution is 7.00. The fourth-order valence-electron chi connectivity index (χ4n) is 14.5. The van der Waals surface area contributed by atoms with Gasteiger partial charge >= 0.3 is 0 Å². The molecule has 0 aromatic heterocycles. The van der Waals surface area contributed by atoms with Gasteiger partial charge in [0.2, 0.25) is 0 Å². The molecule has 2 spiro atoms. The second-order valence-corrected chi connectivity index (χ2v) is 25.1. The van der Waals surface area contributed by atoms with Crippen LogP contribution in [-0.2, 0) is 17.3 Å². The molecule has 3 aliphatic heterocycles. The summed E-state index contributed by atoms with van der Waals surface area (Å²) in [5, 5.41) is 3.46. The smallest absolute Gasteiger partial charge is 0.0443 e. The molecule has 2 unspecified atom stereocenters. The molecule has 0 radical (unpaired) electrons. The first-order chi connectivity index (χ1) is 30.9. The minimum absolute atomic E-state index is 0.0706. The number of allylic oxidation sites excluding steroid dienone is 7. The van der Waals surface area contributed by atoms with Crippen LogP contribution in [0.4, 0.5) is 17.1 Å². The van der Waals surface area contributed by atoms with Crippen molar-refractivity contribution >= 4 is 42.5 Å². The van der Waals surface area contributed by atoms with Crippen LogP contribution in [0.3, 0.4) is 0 Å². The molecule has 5 aliphatic carbocycles. The molecular formula is C60H60N2Si-. The minimum atomic E-state index is -1.72. The van der Waals surface area contributed by atoms with E-state index < -0.39 is 8.07 Å². The molecular weight excluding hydrogens is 777 g/mol. The molecule has 0 amide bonds. The Hall–Kier alpha value is -5.38. The molecule has 3 heterocycles. The van der Waals surface area contributed by atoms with E-state index >= 15 is 0 Å². The molecule has 13 rings (SSSR count). The number of para-hydroxylation sites is 2. The van der Waals surface area contributed by atoms with Crippen LogP contribution in [0, 0.1) is 5.92 Å². The van der Waals surface area contributed by atoms with Crippen molar-refractivity contribution < 1.29 is 0 Å². The van der Waals surface area contributed by atoms with E-state index in [1.165, 1.54) is 138 Å². The average Bonchev–Trinajstić information content (AvgIpc) is 3.99. The lowest BCUT2D eigenvalue weighted by molar-refractivity contribution is 0.232. The predicted octanol–water partition coefficient (Wildman–Crippen LogP) is 14.7. The highest BCUT2D eigenvalue weighted by Gasteiger charge is 2.52. The number of aryl methyl sites for hydroxylation is 1. The molecule has 5 aromatic rings. The van der Waals surface area contributed by atoms with Crippen LogP contribution in [0.15, 0.2) is 150 Å². The van der Waals surface area contributed by atoms with Gasteiger partial charge in [0.1, 0.15) is 0 Å². The van der Waals surface area contributed by atoms with E-state index in [2.05, 4.69) is 169 Å². The number of hydrogen-bond donors (Lipinski definition) is 0. The van der Waals surface area contributed by atoms with Crippen LogP contribution in [0.5, 0.6) is 0 Å². The van der Waals surface area contributed by atoms with Crippen molar-refractivity contribution in [1.29, 1.82) is 0 Å². The number of nitrogens with zero attached hydrogens (tertiary/aromatic N) is 2. The van der Waals surface area contributed by atoms with Crippen molar-refractivity contribution in [2.24, 2.45) is 5.92 Å². The zero-order valence-electron chi connectivity index (χ0n) is 37.3. The monoisotopic (exact) mass is 836 g/mol. The molecule has 0 bridgehead atoms. The third-order valence-corrected chi connectivity index (χ3v) is 22.8. The molecule has 2 atom stereocenters. The summed E-state index contributed by atoms with van der Waals surface area (Å²) in [6, 6.07) is 43.4. The third kappa shape index (κ3) is 5.60. The molecule has 1 saturated heterocycles. The van der Waals surface area contributed by atoms with Crippen molar-refractivity contribution in [2.75, 3.05) is 16.3 Å². The number of rotatable bonds is 4. The fraction of sp³-hybridized carbons (Fsp3) is 0.333. The summed E-state index contributed by atoms with van der Waals surface area (Å²) in [6.07, 6.45) is 31.9. The van der Waals surface area contributed by atoms with E-state index in [1.54, 1.807) is 27.2 Å². The maximum Gasteiger partial charge on any atom is 0.0443 e. The highest BCUT2D eigenvalue weighted by atomic mass is 28.3. The Morgan fingerprint density at radius 3 is 2.24 bits per heavy atom. The Bertz CT molecular complexity index is 2870. The number of anilines is 3. The largest absolute Gasteiger partial charge is 0.341 e. The topological polar surface area (TPSA) is 6.48 Å². The van der Waals surface area contributed by atoms with Gasteiger partial charge in [-0.1, -0.05) is 169 Å². The Morgan fingerprint density at radius 1 is 0.667 bits per heavy atom. The second-order valence-electron chi connectivity index (χ2n) is 20.9. The van der Waals surface area contributed by atoms with Gasteiger partial charge in [-0.25, -0.2) is 0 Å². The van der Waals surface area contributed by atoms with E-state index in [0.29, 0.717) is 11.8 Å². The molecule has 0 N–H and O–H groups in total. The lowest BCUT2D eigenvalue weighted by Crippen LogP contribution is -2.54. The van der Waals surface area contributed by atoms with Crippen molar-refractivity contribution in [2.45, 2.75) is 113 Å². The Kier molecular flexibility index (Phi) is 8.66. The zero-order valence-corrected chi connectivity index (χ0v) is 38.3. The molecule has 63 heavy (non-hydrogen) atoms. The minimum Gasteiger partial charge on any atom is -0.341 e. The van der Waals surface area contributed by atoms with Crippen LogP contribution in [0.2, 0.25) is 12.1 Å². The number of fused-ring (bicyclic) bond motifs is 12. The summed E-state index contributed by atoms with van der Waals surface area (Å²) >= 11 is 0. The maximum absolute atomic E-state index is 2.78. The van der Waals surface area contributed by atoms with Crippen LogP contribution in [0.1, 0.15) is 123 Å². The molecule has 8 aliphatic rings. The van der Waals surface area contributed by atoms with Gasteiger partial charge in [0.25, 0.3) is 0 Å². The summed E-state index contributed by atoms with van der Waals surface area (Å²) in [4.78, 5) is 5.30. The van der Waals surface area contributed by atoms with E-state index in [4.69, 9.17) is 0 Å². The lowest BCUT2D eigenvalue weighted by atomic mass is 9.63. The van der Waals surface area contributed by atoms with E-state index in [-0.39, 0.29) is 10.8 Å². The van der Waals surface area contributed by atoms with Crippen molar-refractivity contribution in [1.82, 2.24) is 0 Å². The Balaban J connectivity index is 0.820. The Labute approximate surface area is 376 Å². The fourth-order valence-corrected chi connectivity index (χ4v) is 20.1. The van der Waals surface area contributed by atoms with Crippen LogP contribution < -0.4 is 15.0 Å². The van der Waals surface area contributed by atoms with Gasteiger partial charge in [-0.3, -0.25) is 0 Å². The molecule has 2 nitrogen and oxygen atoms in total. The standard InChI is InChI=1S/C60H60N2Si/c1-59(2)50-37-41(24-28-46(50)47-30-26-44(39-51(47)59)61-34-14-16-43-15-4-5-17-54(43)61)22-23-42-25-29-48-49-31-27-45(40-53(49)60(52(48)38-42)32-10-3-11-33-60)62-55-18-6-8-20-57(55)63(35-12-13-36-63)58-21-9-7-19-56(58)62/h4-6,8-9,15,17-18,20-31,37-40,49,53H,3,7,10-14,16,19,32-36H2,1-2H3/q-1/b23-22+. The van der Waals surface area contributed by atoms with Crippen LogP contribution >= 0.6 is 0 Å². The number of benzene rings is 5. The van der Waals surface area contributed by atoms with Crippen molar-refractivity contribution in [3.8, 4) is 11.1 Å². The predicted molar refractivity (Wildman–Crippen MR) is 268 cm³/mol. The lowest BCUT2D eigenvalue weighted by Gasteiger charge is -2.54. The third-order valence-electron chi connectivity index (χ3n) is 17.4. The summed E-state index contributed by atoms with van der Waals surface area (Å²) < 4.78 is 0. The SMILES string of the molecule is CC1(C)c2cc(/C=C/c3ccc4c(c3)C3(CCCCC3)C3C=C(N5C6=C(C=CCC6)[Si-]6(CCCC6)c6ccccc65)C=CC43)ccc2-c2ccc(N3CCCc4ccccc43)cc21. The normalized spacial score (nSPS) is 23.9. The summed E-state index contributed by atoms with van der Waals surface area (Å²) in [6.45, 7) is 5.93. The van der Waals surface area contributed by atoms with Gasteiger partial charge in [0.05, 0.1) is 0 Å². The molecule has 315 valence electrons. The van der Waals surface area contributed by atoms with E-state index in [1.807, 2.05) is 0 Å². The van der Waals surface area contributed by atoms with Crippen molar-refractivity contribution in [3.63, 3.8) is 0 Å². The summed E-state index contributed by atoms with van der Waals surface area (Å²) in [5.74, 6) is 0.939. The molecule has 1 saturated carbocycles. The van der Waals surface area contributed by atoms with Gasteiger partial charge in [0, 0.05) is 46.1 Å². The highest BCUT2D eigenvalue weighted by Crippen LogP contribution is 2.61. The first kappa shape index (κ1) is 38.1. The molecule has 3 heteroatoms. The van der Waals surface area contributed by atoms with E-state index in [9.17, 15) is 0 Å². The van der Waals surface area contributed by atoms with Gasteiger partial charge in [0.15, 0.2) is 0 Å². The molecule has 2 fully saturated rings. The summed E-state index contributed by atoms with van der Waals surface area (Å²) in [5.41, 5.74) is 20.3. The first-order valence-corrected chi connectivity index (χ1v) is 27.0. The zero-order chi connectivity index (χ0) is 41.9. The van der Waals surface area contributed by atoms with Gasteiger partial charge in [-0.05, 0) is 131 Å². The van der Waals surface area contributed by atoms with Gasteiger partial charge in [-0.2, -0.15) is 10.4 Å². The van der Waals surface area contributed by atoms with Crippen LogP contribution in [0.25, 0.3) is 23.3 Å².